The minimum absolute atomic E-state index is 0.0112. The summed E-state index contributed by atoms with van der Waals surface area (Å²) in [5.41, 5.74) is 2.15. The second-order valence-electron chi connectivity index (χ2n) is 4.71. The molecule has 0 bridgehead atoms. The van der Waals surface area contributed by atoms with Crippen molar-refractivity contribution in [1.29, 1.82) is 0 Å². The van der Waals surface area contributed by atoms with Crippen LogP contribution in [0.2, 0.25) is 0 Å². The van der Waals surface area contributed by atoms with Crippen molar-refractivity contribution in [3.63, 3.8) is 0 Å². The van der Waals surface area contributed by atoms with Gasteiger partial charge in [0.2, 0.25) is 5.91 Å². The van der Waals surface area contributed by atoms with Gasteiger partial charge in [-0.15, -0.1) is 11.3 Å². The van der Waals surface area contributed by atoms with E-state index in [-0.39, 0.29) is 17.8 Å². The highest BCUT2D eigenvalue weighted by Gasteiger charge is 2.12. The average Bonchev–Trinajstić information content (AvgIpc) is 2.79. The first kappa shape index (κ1) is 14.5. The van der Waals surface area contributed by atoms with Crippen molar-refractivity contribution < 1.29 is 9.18 Å². The van der Waals surface area contributed by atoms with Crippen LogP contribution < -0.4 is 10.6 Å². The zero-order valence-electron chi connectivity index (χ0n) is 11.7. The fraction of sp³-hybridized carbons (Fsp3) is 0.267. The summed E-state index contributed by atoms with van der Waals surface area (Å²) in [7, 11) is 0. The predicted octanol–water partition coefficient (Wildman–Crippen LogP) is 4.33. The second kappa shape index (κ2) is 6.05. The van der Waals surface area contributed by atoms with Gasteiger partial charge in [-0.2, -0.15) is 0 Å². The second-order valence-corrected chi connectivity index (χ2v) is 5.66. The monoisotopic (exact) mass is 292 g/mol. The van der Waals surface area contributed by atoms with Crippen LogP contribution in [0.15, 0.2) is 29.6 Å². The third-order valence-corrected chi connectivity index (χ3v) is 4.16. The number of thiophene rings is 1. The van der Waals surface area contributed by atoms with Crippen molar-refractivity contribution in [2.75, 3.05) is 10.6 Å². The molecule has 5 heteroatoms. The van der Waals surface area contributed by atoms with E-state index in [9.17, 15) is 9.18 Å². The van der Waals surface area contributed by atoms with E-state index < -0.39 is 0 Å². The molecular formula is C15H17FN2OS. The van der Waals surface area contributed by atoms with Crippen molar-refractivity contribution in [2.45, 2.75) is 26.8 Å². The number of halogens is 1. The van der Waals surface area contributed by atoms with Gasteiger partial charge in [0, 0.05) is 17.5 Å². The van der Waals surface area contributed by atoms with Gasteiger partial charge in [0.05, 0.1) is 11.7 Å². The third-order valence-electron chi connectivity index (χ3n) is 2.95. The molecule has 0 saturated carbocycles. The number of rotatable bonds is 4. The number of carbonyl (C=O) groups is 1. The molecule has 20 heavy (non-hydrogen) atoms. The van der Waals surface area contributed by atoms with Crippen LogP contribution in [0.5, 0.6) is 0 Å². The van der Waals surface area contributed by atoms with Crippen LogP contribution in [0.25, 0.3) is 0 Å². The smallest absolute Gasteiger partial charge is 0.221 e. The lowest BCUT2D eigenvalue weighted by atomic mass is 10.1. The highest BCUT2D eigenvalue weighted by Crippen LogP contribution is 2.29. The molecule has 1 amide bonds. The maximum Gasteiger partial charge on any atom is 0.221 e. The Bertz CT molecular complexity index is 624. The topological polar surface area (TPSA) is 41.1 Å². The summed E-state index contributed by atoms with van der Waals surface area (Å²) in [5.74, 6) is -0.509. The lowest BCUT2D eigenvalue weighted by Gasteiger charge is -2.16. The van der Waals surface area contributed by atoms with Crippen LogP contribution in [0.1, 0.15) is 30.3 Å². The standard InChI is InChI=1S/C15H17FN2OS/c1-9-6-7-20-15(9)10(2)17-14-8-12(18-11(3)19)4-5-13(14)16/h4-8,10,17H,1-3H3,(H,18,19). The maximum atomic E-state index is 13.8. The molecule has 0 aliphatic carbocycles. The molecule has 1 unspecified atom stereocenters. The highest BCUT2D eigenvalue weighted by molar-refractivity contribution is 7.10. The molecule has 0 saturated heterocycles. The number of carbonyl (C=O) groups excluding carboxylic acids is 1. The number of nitrogens with one attached hydrogen (secondary N) is 2. The van der Waals surface area contributed by atoms with Gasteiger partial charge in [0.15, 0.2) is 0 Å². The number of benzene rings is 1. The number of hydrogen-bond donors (Lipinski definition) is 2. The molecule has 0 spiro atoms. The molecule has 1 aromatic carbocycles. The van der Waals surface area contributed by atoms with Crippen molar-refractivity contribution in [1.82, 2.24) is 0 Å². The summed E-state index contributed by atoms with van der Waals surface area (Å²) in [6, 6.07) is 6.56. The number of hydrogen-bond acceptors (Lipinski definition) is 3. The molecule has 0 fully saturated rings. The van der Waals surface area contributed by atoms with Crippen molar-refractivity contribution in [2.24, 2.45) is 0 Å². The normalized spacial score (nSPS) is 12.0. The summed E-state index contributed by atoms with van der Waals surface area (Å²) in [6.07, 6.45) is 0. The zero-order valence-corrected chi connectivity index (χ0v) is 12.5. The largest absolute Gasteiger partial charge is 0.375 e. The van der Waals surface area contributed by atoms with Crippen molar-refractivity contribution in [3.8, 4) is 0 Å². The Kier molecular flexibility index (Phi) is 4.39. The van der Waals surface area contributed by atoms with Crippen LogP contribution >= 0.6 is 11.3 Å². The van der Waals surface area contributed by atoms with Gasteiger partial charge in [0.1, 0.15) is 5.82 Å². The van der Waals surface area contributed by atoms with Crippen LogP contribution in [-0.4, -0.2) is 5.91 Å². The first-order valence-electron chi connectivity index (χ1n) is 6.35. The molecule has 1 heterocycles. The highest BCUT2D eigenvalue weighted by atomic mass is 32.1. The molecule has 0 radical (unpaired) electrons. The molecule has 2 rings (SSSR count). The lowest BCUT2D eigenvalue weighted by molar-refractivity contribution is -0.114. The zero-order chi connectivity index (χ0) is 14.7. The van der Waals surface area contributed by atoms with Crippen LogP contribution in [-0.2, 0) is 4.79 Å². The molecule has 0 aliphatic rings. The Morgan fingerprint density at radius 3 is 2.70 bits per heavy atom. The van der Waals surface area contributed by atoms with E-state index >= 15 is 0 Å². The van der Waals surface area contributed by atoms with Gasteiger partial charge < -0.3 is 10.6 Å². The van der Waals surface area contributed by atoms with Gasteiger partial charge in [-0.25, -0.2) is 4.39 Å². The summed E-state index contributed by atoms with van der Waals surface area (Å²) < 4.78 is 13.8. The Hall–Kier alpha value is -1.88. The van der Waals surface area contributed by atoms with E-state index in [1.54, 1.807) is 23.5 Å². The quantitative estimate of drug-likeness (QED) is 0.880. The van der Waals surface area contributed by atoms with E-state index in [1.807, 2.05) is 25.3 Å². The first-order chi connectivity index (χ1) is 9.47. The summed E-state index contributed by atoms with van der Waals surface area (Å²) >= 11 is 1.64. The molecule has 1 aromatic heterocycles. The van der Waals surface area contributed by atoms with Crippen LogP contribution in [0.4, 0.5) is 15.8 Å². The number of aryl methyl sites for hydroxylation is 1. The summed E-state index contributed by atoms with van der Waals surface area (Å²) in [5, 5.41) is 7.82. The molecule has 2 aromatic rings. The minimum atomic E-state index is -0.333. The Labute approximate surface area is 121 Å². The summed E-state index contributed by atoms with van der Waals surface area (Å²) in [4.78, 5) is 12.2. The van der Waals surface area contributed by atoms with Gasteiger partial charge in [0.25, 0.3) is 0 Å². The minimum Gasteiger partial charge on any atom is -0.375 e. The first-order valence-corrected chi connectivity index (χ1v) is 7.23. The van der Waals surface area contributed by atoms with Gasteiger partial charge in [-0.1, -0.05) is 0 Å². The van der Waals surface area contributed by atoms with Crippen molar-refractivity contribution >= 4 is 28.6 Å². The van der Waals surface area contributed by atoms with Crippen LogP contribution in [0, 0.1) is 12.7 Å². The van der Waals surface area contributed by atoms with E-state index in [1.165, 1.54) is 23.4 Å². The average molecular weight is 292 g/mol. The van der Waals surface area contributed by atoms with Gasteiger partial charge >= 0.3 is 0 Å². The Balaban J connectivity index is 2.20. The fourth-order valence-corrected chi connectivity index (χ4v) is 2.98. The van der Waals surface area contributed by atoms with E-state index in [2.05, 4.69) is 10.6 Å². The van der Waals surface area contributed by atoms with Crippen molar-refractivity contribution in [3.05, 3.63) is 45.9 Å². The molecule has 1 atom stereocenters. The Morgan fingerprint density at radius 2 is 2.10 bits per heavy atom. The lowest BCUT2D eigenvalue weighted by Crippen LogP contribution is -2.10. The van der Waals surface area contributed by atoms with E-state index in [0.29, 0.717) is 11.4 Å². The molecular weight excluding hydrogens is 275 g/mol. The Morgan fingerprint density at radius 1 is 1.35 bits per heavy atom. The number of amides is 1. The SMILES string of the molecule is CC(=O)Nc1ccc(F)c(NC(C)c2sccc2C)c1. The molecule has 0 aliphatic heterocycles. The van der Waals surface area contributed by atoms with E-state index in [0.717, 1.165) is 0 Å². The molecule has 106 valence electrons. The third kappa shape index (κ3) is 3.36. The molecule has 2 N–H and O–H groups in total. The molecule has 3 nitrogen and oxygen atoms in total. The predicted molar refractivity (Wildman–Crippen MR) is 81.8 cm³/mol. The number of anilines is 2. The fourth-order valence-electron chi connectivity index (χ4n) is 2.04. The van der Waals surface area contributed by atoms with Gasteiger partial charge in [-0.05, 0) is 49.1 Å². The van der Waals surface area contributed by atoms with E-state index in [4.69, 9.17) is 0 Å². The maximum absolute atomic E-state index is 13.8. The summed E-state index contributed by atoms with van der Waals surface area (Å²) in [6.45, 7) is 5.45. The van der Waals surface area contributed by atoms with Gasteiger partial charge in [-0.3, -0.25) is 4.79 Å². The van der Waals surface area contributed by atoms with Crippen LogP contribution in [0.3, 0.4) is 0 Å².